The molecule has 0 unspecified atom stereocenters. The first-order valence-electron chi connectivity index (χ1n) is 8.13. The van der Waals surface area contributed by atoms with Gasteiger partial charge in [-0.05, 0) is 65.8 Å². The second-order valence-electron chi connectivity index (χ2n) is 5.85. The number of allylic oxidation sites excluding steroid dienone is 1. The maximum absolute atomic E-state index is 9.51. The standard InChI is InChI=1S/C20H21BrO2/c1-2-3-12-23-17-9-10-18-15(13-17)6-11-19(21)20(18)14-4-7-16(22)8-5-14/h4-5,7-10,13,22H,2-3,6,11-12H2,1H3. The van der Waals surface area contributed by atoms with Crippen LogP contribution >= 0.6 is 15.9 Å². The summed E-state index contributed by atoms with van der Waals surface area (Å²) in [5.74, 6) is 1.25. The molecule has 1 aliphatic carbocycles. The first-order chi connectivity index (χ1) is 11.2. The lowest BCUT2D eigenvalue weighted by Crippen LogP contribution is -2.05. The van der Waals surface area contributed by atoms with E-state index in [-0.39, 0.29) is 0 Å². The van der Waals surface area contributed by atoms with Gasteiger partial charge in [-0.25, -0.2) is 0 Å². The Morgan fingerprint density at radius 3 is 2.61 bits per heavy atom. The minimum atomic E-state index is 0.293. The highest BCUT2D eigenvalue weighted by atomic mass is 79.9. The number of phenolic OH excluding ortho intramolecular Hbond substituents is 1. The summed E-state index contributed by atoms with van der Waals surface area (Å²) < 4.78 is 7.05. The minimum Gasteiger partial charge on any atom is -0.508 e. The third kappa shape index (κ3) is 3.61. The van der Waals surface area contributed by atoms with Gasteiger partial charge >= 0.3 is 0 Å². The van der Waals surface area contributed by atoms with Crippen molar-refractivity contribution in [3.63, 3.8) is 0 Å². The Balaban J connectivity index is 1.93. The van der Waals surface area contributed by atoms with Crippen LogP contribution in [-0.2, 0) is 6.42 Å². The average Bonchev–Trinajstić information content (AvgIpc) is 2.56. The zero-order chi connectivity index (χ0) is 16.2. The van der Waals surface area contributed by atoms with Crippen LogP contribution in [0.4, 0.5) is 0 Å². The summed E-state index contributed by atoms with van der Waals surface area (Å²) >= 11 is 3.74. The van der Waals surface area contributed by atoms with Crippen molar-refractivity contribution in [2.45, 2.75) is 32.6 Å². The van der Waals surface area contributed by atoms with E-state index in [0.29, 0.717) is 5.75 Å². The van der Waals surface area contributed by atoms with Crippen LogP contribution in [0.3, 0.4) is 0 Å². The highest BCUT2D eigenvalue weighted by molar-refractivity contribution is 9.11. The van der Waals surface area contributed by atoms with Crippen molar-refractivity contribution in [3.05, 3.63) is 63.6 Å². The van der Waals surface area contributed by atoms with Gasteiger partial charge in [-0.2, -0.15) is 0 Å². The molecule has 0 bridgehead atoms. The summed E-state index contributed by atoms with van der Waals surface area (Å²) in [5.41, 5.74) is 4.91. The number of phenols is 1. The monoisotopic (exact) mass is 372 g/mol. The van der Waals surface area contributed by atoms with E-state index in [1.54, 1.807) is 12.1 Å². The third-order valence-corrected chi connectivity index (χ3v) is 4.95. The Hall–Kier alpha value is -1.74. The smallest absolute Gasteiger partial charge is 0.119 e. The lowest BCUT2D eigenvalue weighted by molar-refractivity contribution is 0.309. The molecule has 0 aliphatic heterocycles. The Morgan fingerprint density at radius 1 is 1.09 bits per heavy atom. The summed E-state index contributed by atoms with van der Waals surface area (Å²) in [6, 6.07) is 13.8. The Kier molecular flexibility index (Phi) is 5.06. The molecule has 23 heavy (non-hydrogen) atoms. The number of hydrogen-bond donors (Lipinski definition) is 1. The van der Waals surface area contributed by atoms with Gasteiger partial charge in [0.25, 0.3) is 0 Å². The van der Waals surface area contributed by atoms with E-state index in [4.69, 9.17) is 4.74 Å². The van der Waals surface area contributed by atoms with Gasteiger partial charge in [0, 0.05) is 4.48 Å². The first kappa shape index (κ1) is 16.1. The molecule has 0 atom stereocenters. The number of unbranched alkanes of at least 4 members (excludes halogenated alkanes) is 1. The number of benzene rings is 2. The number of halogens is 1. The zero-order valence-electron chi connectivity index (χ0n) is 13.3. The van der Waals surface area contributed by atoms with Crippen LogP contribution in [0.1, 0.15) is 42.9 Å². The maximum Gasteiger partial charge on any atom is 0.119 e. The Labute approximate surface area is 145 Å². The van der Waals surface area contributed by atoms with E-state index >= 15 is 0 Å². The van der Waals surface area contributed by atoms with E-state index < -0.39 is 0 Å². The van der Waals surface area contributed by atoms with E-state index in [0.717, 1.165) is 43.6 Å². The fourth-order valence-electron chi connectivity index (χ4n) is 2.90. The molecule has 2 aromatic rings. The number of fused-ring (bicyclic) bond motifs is 1. The Bertz CT molecular complexity index is 717. The molecule has 3 heteroatoms. The fraction of sp³-hybridized carbons (Fsp3) is 0.300. The largest absolute Gasteiger partial charge is 0.508 e. The predicted octanol–water partition coefficient (Wildman–Crippen LogP) is 5.67. The van der Waals surface area contributed by atoms with Gasteiger partial charge in [0.2, 0.25) is 0 Å². The van der Waals surface area contributed by atoms with Gasteiger partial charge in [0.1, 0.15) is 11.5 Å². The molecule has 1 aliphatic rings. The number of ether oxygens (including phenoxy) is 1. The van der Waals surface area contributed by atoms with Crippen LogP contribution in [0.2, 0.25) is 0 Å². The quantitative estimate of drug-likeness (QED) is 0.684. The van der Waals surface area contributed by atoms with Crippen LogP contribution in [-0.4, -0.2) is 11.7 Å². The van der Waals surface area contributed by atoms with Crippen molar-refractivity contribution in [3.8, 4) is 11.5 Å². The van der Waals surface area contributed by atoms with Crippen molar-refractivity contribution in [2.24, 2.45) is 0 Å². The average molecular weight is 373 g/mol. The molecule has 3 rings (SSSR count). The third-order valence-electron chi connectivity index (χ3n) is 4.15. The van der Waals surface area contributed by atoms with E-state index in [1.807, 2.05) is 12.1 Å². The molecule has 0 amide bonds. The Morgan fingerprint density at radius 2 is 1.87 bits per heavy atom. The molecule has 0 radical (unpaired) electrons. The minimum absolute atomic E-state index is 0.293. The van der Waals surface area contributed by atoms with Crippen LogP contribution in [0, 0.1) is 0 Å². The molecule has 0 fully saturated rings. The van der Waals surface area contributed by atoms with Gasteiger partial charge in [-0.1, -0.05) is 47.5 Å². The molecule has 2 nitrogen and oxygen atoms in total. The zero-order valence-corrected chi connectivity index (χ0v) is 14.9. The number of rotatable bonds is 5. The second kappa shape index (κ2) is 7.22. The van der Waals surface area contributed by atoms with Crippen LogP contribution in [0.25, 0.3) is 5.57 Å². The van der Waals surface area contributed by atoms with E-state index in [9.17, 15) is 5.11 Å². The van der Waals surface area contributed by atoms with Crippen molar-refractivity contribution in [1.29, 1.82) is 0 Å². The summed E-state index contributed by atoms with van der Waals surface area (Å²) in [5, 5.41) is 9.51. The van der Waals surface area contributed by atoms with Gasteiger partial charge in [-0.3, -0.25) is 0 Å². The van der Waals surface area contributed by atoms with Gasteiger partial charge < -0.3 is 9.84 Å². The summed E-state index contributed by atoms with van der Waals surface area (Å²) in [4.78, 5) is 0. The summed E-state index contributed by atoms with van der Waals surface area (Å²) in [6.07, 6.45) is 4.23. The molecular weight excluding hydrogens is 352 g/mol. The molecule has 0 saturated carbocycles. The van der Waals surface area contributed by atoms with E-state index in [1.165, 1.54) is 21.2 Å². The number of aryl methyl sites for hydroxylation is 1. The molecule has 120 valence electrons. The topological polar surface area (TPSA) is 29.5 Å². The lowest BCUT2D eigenvalue weighted by Gasteiger charge is -2.22. The number of aromatic hydroxyl groups is 1. The molecule has 0 saturated heterocycles. The van der Waals surface area contributed by atoms with Gasteiger partial charge in [-0.15, -0.1) is 0 Å². The summed E-state index contributed by atoms with van der Waals surface area (Å²) in [6.45, 7) is 2.95. The second-order valence-corrected chi connectivity index (χ2v) is 6.80. The van der Waals surface area contributed by atoms with Crippen molar-refractivity contribution in [1.82, 2.24) is 0 Å². The van der Waals surface area contributed by atoms with E-state index in [2.05, 4.69) is 41.1 Å². The normalized spacial score (nSPS) is 13.8. The molecule has 0 heterocycles. The van der Waals surface area contributed by atoms with Crippen molar-refractivity contribution >= 4 is 21.5 Å². The van der Waals surface area contributed by atoms with Crippen molar-refractivity contribution in [2.75, 3.05) is 6.61 Å². The first-order valence-corrected chi connectivity index (χ1v) is 8.92. The van der Waals surface area contributed by atoms with Gasteiger partial charge in [0.15, 0.2) is 0 Å². The van der Waals surface area contributed by atoms with Crippen LogP contribution < -0.4 is 4.74 Å². The van der Waals surface area contributed by atoms with Gasteiger partial charge in [0.05, 0.1) is 6.61 Å². The molecule has 0 spiro atoms. The summed E-state index contributed by atoms with van der Waals surface area (Å²) in [7, 11) is 0. The van der Waals surface area contributed by atoms with Crippen LogP contribution in [0.5, 0.6) is 11.5 Å². The van der Waals surface area contributed by atoms with Crippen LogP contribution in [0.15, 0.2) is 46.9 Å². The fourth-order valence-corrected chi connectivity index (χ4v) is 3.54. The maximum atomic E-state index is 9.51. The molecule has 1 N–H and O–H groups in total. The molecule has 2 aromatic carbocycles. The molecular formula is C20H21BrO2. The number of hydrogen-bond acceptors (Lipinski definition) is 2. The van der Waals surface area contributed by atoms with Crippen molar-refractivity contribution < 1.29 is 9.84 Å². The molecule has 0 aromatic heterocycles. The lowest BCUT2D eigenvalue weighted by atomic mass is 9.87. The SMILES string of the molecule is CCCCOc1ccc2c(c1)CCC(Br)=C2c1ccc(O)cc1. The highest BCUT2D eigenvalue weighted by Gasteiger charge is 2.19. The highest BCUT2D eigenvalue weighted by Crippen LogP contribution is 2.40. The predicted molar refractivity (Wildman–Crippen MR) is 98.2 cm³/mol.